The van der Waals surface area contributed by atoms with Gasteiger partial charge in [0, 0.05) is 23.1 Å². The maximum atomic E-state index is 12.2. The first-order valence-corrected chi connectivity index (χ1v) is 10.7. The molecule has 0 bridgehead atoms. The molecule has 0 fully saturated rings. The molecule has 33 heavy (non-hydrogen) atoms. The van der Waals surface area contributed by atoms with Gasteiger partial charge in [-0.25, -0.2) is 9.78 Å². The van der Waals surface area contributed by atoms with Crippen molar-refractivity contribution in [2.24, 2.45) is 5.10 Å². The minimum absolute atomic E-state index is 0.0149. The molecule has 0 spiro atoms. The number of rotatable bonds is 7. The average molecular weight is 458 g/mol. The van der Waals surface area contributed by atoms with E-state index in [1.807, 2.05) is 19.1 Å². The third-order valence-corrected chi connectivity index (χ3v) is 5.32. The second-order valence-corrected chi connectivity index (χ2v) is 7.90. The van der Waals surface area contributed by atoms with Gasteiger partial charge >= 0.3 is 5.97 Å². The normalized spacial score (nSPS) is 10.8. The van der Waals surface area contributed by atoms with Crippen LogP contribution in [-0.4, -0.2) is 22.1 Å². The zero-order valence-corrected chi connectivity index (χ0v) is 18.3. The summed E-state index contributed by atoms with van der Waals surface area (Å²) in [4.78, 5) is 27.2. The Bertz CT molecular complexity index is 1330. The number of ether oxygens (including phenoxy) is 1. The van der Waals surface area contributed by atoms with Gasteiger partial charge in [-0.3, -0.25) is 15.5 Å². The SMILES string of the molecule is Cc1cccc(C(=O)Oc2ccc(/C=N\Nc3nc(-c4cccc([N+](=O)[O-])c4)cs3)cc2)c1. The molecule has 9 heteroatoms. The van der Waals surface area contributed by atoms with E-state index in [4.69, 9.17) is 4.74 Å². The molecule has 0 radical (unpaired) electrons. The zero-order valence-electron chi connectivity index (χ0n) is 17.5. The van der Waals surface area contributed by atoms with Gasteiger partial charge in [0.2, 0.25) is 5.13 Å². The molecule has 8 nitrogen and oxygen atoms in total. The van der Waals surface area contributed by atoms with E-state index in [-0.39, 0.29) is 5.69 Å². The highest BCUT2D eigenvalue weighted by molar-refractivity contribution is 7.14. The van der Waals surface area contributed by atoms with Gasteiger partial charge in [0.1, 0.15) is 5.75 Å². The van der Waals surface area contributed by atoms with Crippen LogP contribution < -0.4 is 10.2 Å². The molecule has 3 aromatic carbocycles. The molecule has 4 rings (SSSR count). The van der Waals surface area contributed by atoms with E-state index in [2.05, 4.69) is 15.5 Å². The van der Waals surface area contributed by atoms with E-state index in [0.29, 0.717) is 27.7 Å². The third-order valence-electron chi connectivity index (χ3n) is 4.58. The van der Waals surface area contributed by atoms with Crippen molar-refractivity contribution in [1.82, 2.24) is 4.98 Å². The number of benzene rings is 3. The highest BCUT2D eigenvalue weighted by Gasteiger charge is 2.10. The number of nitro groups is 1. The van der Waals surface area contributed by atoms with Crippen LogP contribution in [0, 0.1) is 17.0 Å². The number of nitrogens with zero attached hydrogens (tertiary/aromatic N) is 3. The van der Waals surface area contributed by atoms with Crippen LogP contribution >= 0.6 is 11.3 Å². The summed E-state index contributed by atoms with van der Waals surface area (Å²) < 4.78 is 5.40. The maximum Gasteiger partial charge on any atom is 0.343 e. The van der Waals surface area contributed by atoms with Crippen molar-refractivity contribution in [3.63, 3.8) is 0 Å². The predicted octanol–water partition coefficient (Wildman–Crippen LogP) is 5.69. The highest BCUT2D eigenvalue weighted by atomic mass is 32.1. The largest absolute Gasteiger partial charge is 0.423 e. The van der Waals surface area contributed by atoms with Crippen molar-refractivity contribution in [3.8, 4) is 17.0 Å². The van der Waals surface area contributed by atoms with E-state index in [9.17, 15) is 14.9 Å². The van der Waals surface area contributed by atoms with Crippen molar-refractivity contribution in [1.29, 1.82) is 0 Å². The molecule has 1 N–H and O–H groups in total. The Kier molecular flexibility index (Phi) is 6.51. The van der Waals surface area contributed by atoms with E-state index >= 15 is 0 Å². The number of carbonyl (C=O) groups excluding carboxylic acids is 1. The standard InChI is InChI=1S/C24H18N4O4S/c1-16-4-2-6-19(12-16)23(29)32-21-10-8-17(9-11-21)14-25-27-24-26-22(15-33-24)18-5-3-7-20(13-18)28(30)31/h2-15H,1H3,(H,26,27)/b25-14-. The van der Waals surface area contributed by atoms with Crippen molar-refractivity contribution < 1.29 is 14.5 Å². The van der Waals surface area contributed by atoms with Crippen LogP contribution in [0.4, 0.5) is 10.8 Å². The quantitative estimate of drug-likeness (QED) is 0.125. The van der Waals surface area contributed by atoms with Gasteiger partial charge < -0.3 is 4.74 Å². The molecule has 0 atom stereocenters. The van der Waals surface area contributed by atoms with Gasteiger partial charge in [-0.15, -0.1) is 11.3 Å². The lowest BCUT2D eigenvalue weighted by atomic mass is 10.1. The molecule has 0 aliphatic carbocycles. The number of thiazole rings is 1. The number of carbonyl (C=O) groups is 1. The van der Waals surface area contributed by atoms with Crippen LogP contribution in [-0.2, 0) is 0 Å². The fourth-order valence-corrected chi connectivity index (χ4v) is 3.63. The van der Waals surface area contributed by atoms with Gasteiger partial charge in [-0.1, -0.05) is 29.8 Å². The smallest absolute Gasteiger partial charge is 0.343 e. The lowest BCUT2D eigenvalue weighted by molar-refractivity contribution is -0.384. The van der Waals surface area contributed by atoms with Crippen LogP contribution in [0.15, 0.2) is 83.3 Å². The predicted molar refractivity (Wildman–Crippen MR) is 128 cm³/mol. The van der Waals surface area contributed by atoms with Gasteiger partial charge in [0.05, 0.1) is 22.4 Å². The third kappa shape index (κ3) is 5.66. The number of hydrogen-bond donors (Lipinski definition) is 1. The van der Waals surface area contributed by atoms with Crippen LogP contribution in [0.1, 0.15) is 21.5 Å². The molecule has 0 aliphatic heterocycles. The molecule has 1 aromatic heterocycles. The Hall–Kier alpha value is -4.37. The number of non-ortho nitro benzene ring substituents is 1. The summed E-state index contributed by atoms with van der Waals surface area (Å²) in [5, 5.41) is 17.5. The summed E-state index contributed by atoms with van der Waals surface area (Å²) in [7, 11) is 0. The van der Waals surface area contributed by atoms with Crippen molar-refractivity contribution >= 4 is 34.3 Å². The number of hydrogen-bond acceptors (Lipinski definition) is 8. The Labute approximate surface area is 193 Å². The molecule has 0 aliphatic rings. The Morgan fingerprint density at radius 1 is 1.12 bits per heavy atom. The van der Waals surface area contributed by atoms with E-state index in [1.165, 1.54) is 23.5 Å². The molecule has 1 heterocycles. The molecular formula is C24H18N4O4S. The van der Waals surface area contributed by atoms with Crippen molar-refractivity contribution in [2.75, 3.05) is 5.43 Å². The van der Waals surface area contributed by atoms with Crippen LogP contribution in [0.2, 0.25) is 0 Å². The van der Waals surface area contributed by atoms with Gasteiger partial charge in [0.15, 0.2) is 0 Å². The Morgan fingerprint density at radius 2 is 1.91 bits per heavy atom. The summed E-state index contributed by atoms with van der Waals surface area (Å²) in [5.74, 6) is 0.0261. The monoisotopic (exact) mass is 458 g/mol. The van der Waals surface area contributed by atoms with Gasteiger partial charge in [-0.2, -0.15) is 5.10 Å². The summed E-state index contributed by atoms with van der Waals surface area (Å²) >= 11 is 1.34. The van der Waals surface area contributed by atoms with Crippen LogP contribution in [0.3, 0.4) is 0 Å². The first-order chi connectivity index (χ1) is 16.0. The first-order valence-electron chi connectivity index (χ1n) is 9.86. The maximum absolute atomic E-state index is 12.2. The number of aryl methyl sites for hydroxylation is 1. The van der Waals surface area contributed by atoms with Crippen LogP contribution in [0.5, 0.6) is 5.75 Å². The number of nitrogens with one attached hydrogen (secondary N) is 1. The van der Waals surface area contributed by atoms with Crippen molar-refractivity contribution in [3.05, 3.63) is 105 Å². The minimum Gasteiger partial charge on any atom is -0.423 e. The molecule has 4 aromatic rings. The minimum atomic E-state index is -0.436. The van der Waals surface area contributed by atoms with Crippen molar-refractivity contribution in [2.45, 2.75) is 6.92 Å². The second-order valence-electron chi connectivity index (χ2n) is 7.04. The number of nitro benzene ring substituents is 1. The first kappa shape index (κ1) is 21.8. The number of aromatic nitrogens is 1. The summed E-state index contributed by atoms with van der Waals surface area (Å²) in [5.41, 5.74) is 6.44. The number of esters is 1. The van der Waals surface area contributed by atoms with Gasteiger partial charge in [0.25, 0.3) is 5.69 Å². The molecular weight excluding hydrogens is 440 g/mol. The molecule has 0 saturated heterocycles. The van der Waals surface area contributed by atoms with E-state index in [1.54, 1.807) is 60.1 Å². The Balaban J connectivity index is 1.35. The lowest BCUT2D eigenvalue weighted by Crippen LogP contribution is -2.08. The summed E-state index contributed by atoms with van der Waals surface area (Å²) in [6, 6.07) is 20.5. The fourth-order valence-electron chi connectivity index (χ4n) is 2.96. The molecule has 0 unspecified atom stereocenters. The van der Waals surface area contributed by atoms with Crippen LogP contribution in [0.25, 0.3) is 11.3 Å². The zero-order chi connectivity index (χ0) is 23.2. The average Bonchev–Trinajstić information content (AvgIpc) is 3.29. The molecule has 0 amide bonds. The fraction of sp³-hybridized carbons (Fsp3) is 0.0417. The van der Waals surface area contributed by atoms with Gasteiger partial charge in [-0.05, 0) is 48.9 Å². The topological polar surface area (TPSA) is 107 Å². The second kappa shape index (κ2) is 9.84. The van der Waals surface area contributed by atoms with E-state index < -0.39 is 10.9 Å². The van der Waals surface area contributed by atoms with E-state index in [0.717, 1.165) is 11.1 Å². The Morgan fingerprint density at radius 3 is 2.67 bits per heavy atom. The number of hydrazone groups is 1. The lowest BCUT2D eigenvalue weighted by Gasteiger charge is -2.05. The molecule has 0 saturated carbocycles. The molecule has 164 valence electrons. The number of anilines is 1. The summed E-state index contributed by atoms with van der Waals surface area (Å²) in [6.07, 6.45) is 1.61. The summed E-state index contributed by atoms with van der Waals surface area (Å²) in [6.45, 7) is 1.92. The highest BCUT2D eigenvalue weighted by Crippen LogP contribution is 2.27.